The lowest BCUT2D eigenvalue weighted by Gasteiger charge is -2.35. The van der Waals surface area contributed by atoms with E-state index in [-0.39, 0.29) is 26.1 Å². The molecule has 8 heteroatoms. The van der Waals surface area contributed by atoms with Gasteiger partial charge in [-0.2, -0.15) is 4.99 Å². The van der Waals surface area contributed by atoms with Gasteiger partial charge in [0.2, 0.25) is 6.08 Å². The first kappa shape index (κ1) is 22.3. The van der Waals surface area contributed by atoms with E-state index in [9.17, 15) is 9.59 Å². The summed E-state index contributed by atoms with van der Waals surface area (Å²) in [7, 11) is 0. The van der Waals surface area contributed by atoms with Crippen molar-refractivity contribution in [3.63, 3.8) is 0 Å². The fourth-order valence-electron chi connectivity index (χ4n) is 4.25. The molecule has 0 bridgehead atoms. The van der Waals surface area contributed by atoms with Crippen LogP contribution in [0.1, 0.15) is 54.3 Å². The normalized spacial score (nSPS) is 15.5. The van der Waals surface area contributed by atoms with Crippen LogP contribution in [0.4, 0.5) is 5.69 Å². The lowest BCUT2D eigenvalue weighted by atomic mass is 9.70. The van der Waals surface area contributed by atoms with Crippen LogP contribution in [0.2, 0.25) is 15.1 Å². The molecule has 4 rings (SSSR count). The number of hydrogen-bond donors (Lipinski definition) is 0. The lowest BCUT2D eigenvalue weighted by Crippen LogP contribution is -2.26. The number of isocyanates is 1. The highest BCUT2D eigenvalue weighted by Crippen LogP contribution is 2.51. The average Bonchev–Trinajstić information content (AvgIpc) is 3.09. The number of carbonyl (C=O) groups excluding carboxylic acids is 2. The predicted octanol–water partition coefficient (Wildman–Crippen LogP) is 8.27. The number of halogens is 3. The standard InChI is InChI=1S/C23H18Cl3NO3S/c1-23(9-5-2-6-10-23)17-14(27-12-28)11-15(19(25)20(17)26)30-22(29)21-18(24)13-7-3-4-8-16(13)31-21/h3-4,7-8,11H,2,5-6,9-10H2,1H3. The van der Waals surface area contributed by atoms with E-state index in [1.807, 2.05) is 24.3 Å². The summed E-state index contributed by atoms with van der Waals surface area (Å²) in [5.41, 5.74) is 0.743. The third kappa shape index (κ3) is 4.13. The lowest BCUT2D eigenvalue weighted by molar-refractivity contribution is 0.0740. The zero-order valence-electron chi connectivity index (χ0n) is 16.6. The van der Waals surface area contributed by atoms with E-state index in [1.54, 1.807) is 6.08 Å². The Hall–Kier alpha value is -1.88. The molecule has 1 heterocycles. The van der Waals surface area contributed by atoms with Gasteiger partial charge in [0.1, 0.15) is 9.90 Å². The van der Waals surface area contributed by atoms with E-state index in [1.165, 1.54) is 17.4 Å². The molecule has 1 aliphatic carbocycles. The van der Waals surface area contributed by atoms with Gasteiger partial charge in [0.15, 0.2) is 5.75 Å². The molecule has 0 unspecified atom stereocenters. The highest BCUT2D eigenvalue weighted by molar-refractivity contribution is 7.21. The molecule has 1 aliphatic rings. The topological polar surface area (TPSA) is 55.7 Å². The maximum atomic E-state index is 12.9. The molecule has 2 aromatic carbocycles. The van der Waals surface area contributed by atoms with Crippen molar-refractivity contribution in [1.29, 1.82) is 0 Å². The minimum absolute atomic E-state index is 0.0300. The van der Waals surface area contributed by atoms with E-state index in [2.05, 4.69) is 11.9 Å². The third-order valence-electron chi connectivity index (χ3n) is 5.80. The van der Waals surface area contributed by atoms with Crippen LogP contribution in [-0.4, -0.2) is 12.0 Å². The number of esters is 1. The van der Waals surface area contributed by atoms with Crippen LogP contribution in [0, 0.1) is 0 Å². The average molecular weight is 495 g/mol. The summed E-state index contributed by atoms with van der Waals surface area (Å²) < 4.78 is 6.44. The maximum Gasteiger partial charge on any atom is 0.355 e. The Morgan fingerprint density at radius 1 is 1.10 bits per heavy atom. The number of aliphatic imine (C=N–C) groups is 1. The fourth-order valence-corrected chi connectivity index (χ4v) is 6.24. The van der Waals surface area contributed by atoms with Crippen molar-refractivity contribution in [2.45, 2.75) is 44.4 Å². The number of ether oxygens (including phenoxy) is 1. The van der Waals surface area contributed by atoms with E-state index in [0.29, 0.717) is 16.3 Å². The summed E-state index contributed by atoms with van der Waals surface area (Å²) in [6.45, 7) is 2.09. The van der Waals surface area contributed by atoms with Crippen molar-refractivity contribution in [2.24, 2.45) is 4.99 Å². The molecule has 31 heavy (non-hydrogen) atoms. The summed E-state index contributed by atoms with van der Waals surface area (Å²) in [5.74, 6) is -0.621. The Bertz CT molecular complexity index is 1220. The molecule has 0 amide bonds. The van der Waals surface area contributed by atoms with Gasteiger partial charge in [-0.25, -0.2) is 9.59 Å². The highest BCUT2D eigenvalue weighted by Gasteiger charge is 2.35. The minimum Gasteiger partial charge on any atom is -0.421 e. The molecule has 4 nitrogen and oxygen atoms in total. The number of thiophene rings is 1. The van der Waals surface area contributed by atoms with Crippen molar-refractivity contribution >= 4 is 74.0 Å². The van der Waals surface area contributed by atoms with Crippen LogP contribution < -0.4 is 4.74 Å². The van der Waals surface area contributed by atoms with Crippen LogP contribution in [-0.2, 0) is 10.2 Å². The Morgan fingerprint density at radius 2 is 1.81 bits per heavy atom. The van der Waals surface area contributed by atoms with Crippen molar-refractivity contribution in [3.05, 3.63) is 55.8 Å². The second-order valence-electron chi connectivity index (χ2n) is 7.85. The second kappa shape index (κ2) is 8.93. The Morgan fingerprint density at radius 3 is 2.48 bits per heavy atom. The van der Waals surface area contributed by atoms with Crippen LogP contribution in [0.5, 0.6) is 5.75 Å². The molecule has 0 spiro atoms. The molecular weight excluding hydrogens is 477 g/mol. The molecule has 0 radical (unpaired) electrons. The van der Waals surface area contributed by atoms with Crippen LogP contribution >= 0.6 is 46.1 Å². The van der Waals surface area contributed by atoms with Gasteiger partial charge in [-0.3, -0.25) is 0 Å². The molecule has 1 saturated carbocycles. The molecule has 0 atom stereocenters. The number of fused-ring (bicyclic) bond motifs is 1. The number of benzene rings is 2. The van der Waals surface area contributed by atoms with Crippen LogP contribution in [0.15, 0.2) is 35.3 Å². The number of carbonyl (C=O) groups is 1. The van der Waals surface area contributed by atoms with Gasteiger partial charge in [0, 0.05) is 21.7 Å². The summed E-state index contributed by atoms with van der Waals surface area (Å²) in [5, 5.41) is 1.45. The monoisotopic (exact) mass is 493 g/mol. The van der Waals surface area contributed by atoms with Gasteiger partial charge in [-0.15, -0.1) is 11.3 Å². The molecule has 3 aromatic rings. The zero-order valence-corrected chi connectivity index (χ0v) is 19.7. The Kier molecular flexibility index (Phi) is 6.43. The molecule has 0 saturated heterocycles. The third-order valence-corrected chi connectivity index (χ3v) is 8.31. The van der Waals surface area contributed by atoms with E-state index in [4.69, 9.17) is 39.5 Å². The van der Waals surface area contributed by atoms with Crippen molar-refractivity contribution in [1.82, 2.24) is 0 Å². The largest absolute Gasteiger partial charge is 0.421 e. The highest BCUT2D eigenvalue weighted by atomic mass is 35.5. The smallest absolute Gasteiger partial charge is 0.355 e. The molecule has 1 fully saturated rings. The minimum atomic E-state index is -0.651. The van der Waals surface area contributed by atoms with Gasteiger partial charge in [0.05, 0.1) is 15.7 Å². The fraction of sp³-hybridized carbons (Fsp3) is 0.304. The van der Waals surface area contributed by atoms with Crippen LogP contribution in [0.3, 0.4) is 0 Å². The van der Waals surface area contributed by atoms with E-state index in [0.717, 1.165) is 42.2 Å². The summed E-state index contributed by atoms with van der Waals surface area (Å²) in [6.07, 6.45) is 6.64. The number of rotatable bonds is 4. The van der Waals surface area contributed by atoms with E-state index < -0.39 is 5.97 Å². The van der Waals surface area contributed by atoms with Crippen LogP contribution in [0.25, 0.3) is 10.1 Å². The molecular formula is C23H18Cl3NO3S. The van der Waals surface area contributed by atoms with Crippen molar-refractivity contribution in [3.8, 4) is 5.75 Å². The van der Waals surface area contributed by atoms with Gasteiger partial charge >= 0.3 is 5.97 Å². The van der Waals surface area contributed by atoms with E-state index >= 15 is 0 Å². The SMILES string of the molecule is CC1(c2c(N=C=O)cc(OC(=O)c3sc4ccccc4c3Cl)c(Cl)c2Cl)CCCCC1. The van der Waals surface area contributed by atoms with Gasteiger partial charge in [0.25, 0.3) is 0 Å². The zero-order chi connectivity index (χ0) is 22.2. The van der Waals surface area contributed by atoms with Gasteiger partial charge < -0.3 is 4.74 Å². The molecule has 1 aromatic heterocycles. The number of hydrogen-bond acceptors (Lipinski definition) is 5. The maximum absolute atomic E-state index is 12.9. The number of nitrogens with zero attached hydrogens (tertiary/aromatic N) is 1. The molecule has 160 valence electrons. The first-order valence-corrected chi connectivity index (χ1v) is 11.8. The van der Waals surface area contributed by atoms with Crippen molar-refractivity contribution in [2.75, 3.05) is 0 Å². The summed E-state index contributed by atoms with van der Waals surface area (Å²) in [4.78, 5) is 28.1. The summed E-state index contributed by atoms with van der Waals surface area (Å²) >= 11 is 20.8. The summed E-state index contributed by atoms with van der Waals surface area (Å²) in [6, 6.07) is 8.91. The Balaban J connectivity index is 1.76. The second-order valence-corrected chi connectivity index (χ2v) is 10.0. The van der Waals surface area contributed by atoms with Crippen molar-refractivity contribution < 1.29 is 14.3 Å². The predicted molar refractivity (Wildman–Crippen MR) is 126 cm³/mol. The Labute approximate surface area is 198 Å². The molecule has 0 N–H and O–H groups in total. The quantitative estimate of drug-likeness (QED) is 0.159. The van der Waals surface area contributed by atoms with Gasteiger partial charge in [-0.05, 0) is 24.3 Å². The van der Waals surface area contributed by atoms with Gasteiger partial charge in [-0.1, -0.05) is 79.2 Å². The first-order valence-electron chi connectivity index (χ1n) is 9.85. The molecule has 0 aliphatic heterocycles. The first-order chi connectivity index (χ1) is 14.9.